The van der Waals surface area contributed by atoms with Crippen molar-refractivity contribution in [2.75, 3.05) is 6.61 Å². The highest BCUT2D eigenvalue weighted by molar-refractivity contribution is 6.30. The first-order valence-corrected chi connectivity index (χ1v) is 5.52. The van der Waals surface area contributed by atoms with Crippen molar-refractivity contribution in [2.45, 2.75) is 24.8 Å². The van der Waals surface area contributed by atoms with Crippen molar-refractivity contribution in [1.82, 2.24) is 0 Å². The predicted octanol–water partition coefficient (Wildman–Crippen LogP) is 2.06. The quantitative estimate of drug-likeness (QED) is 0.650. The lowest BCUT2D eigenvalue weighted by Crippen LogP contribution is -2.39. The van der Waals surface area contributed by atoms with Gasteiger partial charge < -0.3 is 9.84 Å². The summed E-state index contributed by atoms with van der Waals surface area (Å²) in [6.45, 7) is 3.43. The van der Waals surface area contributed by atoms with Gasteiger partial charge in [0.05, 0.1) is 6.61 Å². The molecular weight excluding hydrogens is 228 g/mol. The minimum atomic E-state index is -1.44. The van der Waals surface area contributed by atoms with Gasteiger partial charge in [-0.05, 0) is 19.4 Å². The molecule has 2 atom stereocenters. The first kappa shape index (κ1) is 13.0. The van der Waals surface area contributed by atoms with Crippen LogP contribution in [0.5, 0.6) is 0 Å². The molecule has 4 heteroatoms. The van der Waals surface area contributed by atoms with Gasteiger partial charge in [-0.1, -0.05) is 30.3 Å². The second-order valence-corrected chi connectivity index (χ2v) is 4.06. The van der Waals surface area contributed by atoms with Gasteiger partial charge in [-0.2, -0.15) is 0 Å². The number of benzene rings is 1. The number of alkyl halides is 1. The second-order valence-electron chi connectivity index (χ2n) is 3.63. The maximum Gasteiger partial charge on any atom is 0.327 e. The first-order valence-electron chi connectivity index (χ1n) is 5.08. The van der Waals surface area contributed by atoms with Gasteiger partial charge in [0.25, 0.3) is 0 Å². The summed E-state index contributed by atoms with van der Waals surface area (Å²) >= 11 is 5.91. The van der Waals surface area contributed by atoms with Gasteiger partial charge in [0, 0.05) is 0 Å². The van der Waals surface area contributed by atoms with Gasteiger partial charge in [-0.25, -0.2) is 0 Å². The molecule has 1 rings (SSSR count). The summed E-state index contributed by atoms with van der Waals surface area (Å²) in [7, 11) is 0. The topological polar surface area (TPSA) is 46.5 Å². The summed E-state index contributed by atoms with van der Waals surface area (Å²) in [5.74, 6) is -0.613. The molecule has 88 valence electrons. The molecule has 0 heterocycles. The molecule has 0 aliphatic rings. The number of rotatable bonds is 4. The number of carbonyl (C=O) groups excluding carboxylic acids is 1. The zero-order chi connectivity index (χ0) is 12.2. The van der Waals surface area contributed by atoms with Gasteiger partial charge in [0.2, 0.25) is 0 Å². The lowest BCUT2D eigenvalue weighted by molar-refractivity contribution is -0.147. The van der Waals surface area contributed by atoms with E-state index in [1.54, 1.807) is 31.2 Å². The van der Waals surface area contributed by atoms with E-state index in [1.807, 2.05) is 6.07 Å². The third kappa shape index (κ3) is 2.74. The number of hydrogen-bond donors (Lipinski definition) is 1. The molecule has 0 saturated carbocycles. The van der Waals surface area contributed by atoms with Crippen molar-refractivity contribution in [3.05, 3.63) is 35.9 Å². The molecule has 16 heavy (non-hydrogen) atoms. The summed E-state index contributed by atoms with van der Waals surface area (Å²) in [6.07, 6.45) is 0. The molecular formula is C12H15ClO3. The molecule has 0 saturated heterocycles. The molecule has 3 nitrogen and oxygen atoms in total. The van der Waals surface area contributed by atoms with Crippen LogP contribution >= 0.6 is 11.6 Å². The van der Waals surface area contributed by atoms with Crippen molar-refractivity contribution in [3.63, 3.8) is 0 Å². The maximum atomic E-state index is 11.4. The van der Waals surface area contributed by atoms with Crippen molar-refractivity contribution >= 4 is 17.6 Å². The van der Waals surface area contributed by atoms with E-state index in [1.165, 1.54) is 6.92 Å². The van der Waals surface area contributed by atoms with Crippen LogP contribution in [0.3, 0.4) is 0 Å². The largest absolute Gasteiger partial charge is 0.465 e. The molecule has 0 aliphatic carbocycles. The highest BCUT2D eigenvalue weighted by Crippen LogP contribution is 2.28. The fourth-order valence-electron chi connectivity index (χ4n) is 1.37. The summed E-state index contributed by atoms with van der Waals surface area (Å²) in [5, 5.41) is 9.10. The second kappa shape index (κ2) is 5.32. The van der Waals surface area contributed by atoms with E-state index in [2.05, 4.69) is 0 Å². The Morgan fingerprint density at radius 3 is 2.56 bits per heavy atom. The van der Waals surface area contributed by atoms with Crippen molar-refractivity contribution in [1.29, 1.82) is 0 Å². The van der Waals surface area contributed by atoms with E-state index in [-0.39, 0.29) is 6.61 Å². The molecule has 1 aromatic carbocycles. The van der Waals surface area contributed by atoms with Gasteiger partial charge in [-0.3, -0.25) is 4.79 Å². The molecule has 0 amide bonds. The van der Waals surface area contributed by atoms with Gasteiger partial charge >= 0.3 is 5.97 Å². The molecule has 0 aromatic heterocycles. The SMILES string of the molecule is CCOC(=O)[C@H](Cl)[C@](C)(O)c1ccccc1. The van der Waals surface area contributed by atoms with Crippen LogP contribution in [0, 0.1) is 0 Å². The minimum Gasteiger partial charge on any atom is -0.465 e. The first-order chi connectivity index (χ1) is 7.50. The Morgan fingerprint density at radius 2 is 2.06 bits per heavy atom. The normalized spacial score (nSPS) is 16.2. The summed E-state index contributed by atoms with van der Waals surface area (Å²) in [5.41, 5.74) is -0.849. The van der Waals surface area contributed by atoms with Gasteiger partial charge in [0.1, 0.15) is 5.60 Å². The number of carbonyl (C=O) groups is 1. The Bertz CT molecular complexity index is 349. The van der Waals surface area contributed by atoms with Gasteiger partial charge in [0.15, 0.2) is 5.38 Å². The molecule has 0 spiro atoms. The van der Waals surface area contributed by atoms with E-state index in [9.17, 15) is 9.90 Å². The summed E-state index contributed by atoms with van der Waals surface area (Å²) < 4.78 is 4.78. The maximum absolute atomic E-state index is 11.4. The van der Waals surface area contributed by atoms with Crippen LogP contribution in [0.25, 0.3) is 0 Å². The third-order valence-electron chi connectivity index (χ3n) is 2.35. The van der Waals surface area contributed by atoms with Crippen molar-refractivity contribution in [3.8, 4) is 0 Å². The molecule has 0 aliphatic heterocycles. The van der Waals surface area contributed by atoms with Crippen molar-refractivity contribution < 1.29 is 14.6 Å². The number of aliphatic hydroxyl groups is 1. The monoisotopic (exact) mass is 242 g/mol. The Labute approximate surface area is 100.0 Å². The highest BCUT2D eigenvalue weighted by Gasteiger charge is 2.38. The molecule has 1 aromatic rings. The van der Waals surface area contributed by atoms with Gasteiger partial charge in [-0.15, -0.1) is 11.6 Å². The lowest BCUT2D eigenvalue weighted by Gasteiger charge is -2.27. The summed E-state index contributed by atoms with van der Waals surface area (Å²) in [6, 6.07) is 8.81. The van der Waals surface area contributed by atoms with E-state index in [4.69, 9.17) is 16.3 Å². The molecule has 0 fully saturated rings. The highest BCUT2D eigenvalue weighted by atomic mass is 35.5. The fraction of sp³-hybridized carbons (Fsp3) is 0.417. The molecule has 0 radical (unpaired) electrons. The van der Waals surface area contributed by atoms with E-state index in [0.29, 0.717) is 5.56 Å². The molecule has 0 unspecified atom stereocenters. The summed E-state index contributed by atoms with van der Waals surface area (Å²) in [4.78, 5) is 11.4. The number of ether oxygens (including phenoxy) is 1. The Morgan fingerprint density at radius 1 is 1.50 bits per heavy atom. The standard InChI is InChI=1S/C12H15ClO3/c1-3-16-11(14)10(13)12(2,15)9-7-5-4-6-8-9/h4-8,10,15H,3H2,1-2H3/t10-,12+/m0/s1. The minimum absolute atomic E-state index is 0.243. The predicted molar refractivity (Wildman–Crippen MR) is 62.3 cm³/mol. The van der Waals surface area contributed by atoms with E-state index < -0.39 is 16.9 Å². The third-order valence-corrected chi connectivity index (χ3v) is 2.95. The average Bonchev–Trinajstić information content (AvgIpc) is 2.29. The zero-order valence-electron chi connectivity index (χ0n) is 9.31. The van der Waals surface area contributed by atoms with Crippen LogP contribution in [0.15, 0.2) is 30.3 Å². The van der Waals surface area contributed by atoms with Crippen LogP contribution in [-0.4, -0.2) is 23.1 Å². The zero-order valence-corrected chi connectivity index (χ0v) is 10.1. The molecule has 1 N–H and O–H groups in total. The number of halogens is 1. The smallest absolute Gasteiger partial charge is 0.327 e. The fourth-order valence-corrected chi connectivity index (χ4v) is 1.56. The van der Waals surface area contributed by atoms with E-state index >= 15 is 0 Å². The van der Waals surface area contributed by atoms with Crippen molar-refractivity contribution in [2.24, 2.45) is 0 Å². The average molecular weight is 243 g/mol. The van der Waals surface area contributed by atoms with E-state index in [0.717, 1.165) is 0 Å². The van der Waals surface area contributed by atoms with Crippen LogP contribution in [0.2, 0.25) is 0 Å². The Kier molecular flexibility index (Phi) is 4.33. The lowest BCUT2D eigenvalue weighted by atomic mass is 9.92. The Hall–Kier alpha value is -1.06. The van der Waals surface area contributed by atoms with Crippen LogP contribution in [0.1, 0.15) is 19.4 Å². The number of hydrogen-bond acceptors (Lipinski definition) is 3. The molecule has 0 bridgehead atoms. The Balaban J connectivity index is 2.89. The van der Waals surface area contributed by atoms with Crippen LogP contribution < -0.4 is 0 Å². The van der Waals surface area contributed by atoms with Crippen LogP contribution in [0.4, 0.5) is 0 Å². The van der Waals surface area contributed by atoms with Crippen LogP contribution in [-0.2, 0) is 15.1 Å². The number of esters is 1.